The smallest absolute Gasteiger partial charge is 0.264 e. The molecule has 1 aliphatic carbocycles. The Morgan fingerprint density at radius 1 is 0.925 bits per heavy atom. The van der Waals surface area contributed by atoms with E-state index in [1.807, 2.05) is 0 Å². The highest BCUT2D eigenvalue weighted by molar-refractivity contribution is 7.85. The molecule has 0 aromatic carbocycles. The minimum atomic E-state index is -3.37. The molecule has 0 amide bonds. The summed E-state index contributed by atoms with van der Waals surface area (Å²) >= 11 is 0. The number of ether oxygens (including phenoxy) is 4. The maximum atomic E-state index is 13.2. The number of hydrogen-bond donors (Lipinski definition) is 0. The SMILES string of the molecule is CCCCC[C@@H](/C=C/[C@H]1[C@H](OC2CCCCO2)CC(=O)[C@@H]1CCCCCCCOS(C)(=O)=O)OC1CCCCO1. The van der Waals surface area contributed by atoms with Crippen molar-refractivity contribution in [1.29, 1.82) is 0 Å². The first kappa shape index (κ1) is 33.7. The van der Waals surface area contributed by atoms with Crippen LogP contribution in [0, 0.1) is 11.8 Å². The maximum absolute atomic E-state index is 13.2. The predicted octanol–water partition coefficient (Wildman–Crippen LogP) is 6.47. The Morgan fingerprint density at radius 3 is 2.30 bits per heavy atom. The van der Waals surface area contributed by atoms with Crippen LogP contribution in [0.15, 0.2) is 12.2 Å². The third kappa shape index (κ3) is 13.0. The van der Waals surface area contributed by atoms with Crippen LogP contribution in [0.5, 0.6) is 0 Å². The van der Waals surface area contributed by atoms with Crippen LogP contribution in [0.25, 0.3) is 0 Å². The van der Waals surface area contributed by atoms with Gasteiger partial charge in [0.1, 0.15) is 5.78 Å². The molecule has 2 unspecified atom stereocenters. The first-order chi connectivity index (χ1) is 19.4. The molecule has 3 rings (SSSR count). The molecule has 3 fully saturated rings. The number of carbonyl (C=O) groups excluding carboxylic acids is 1. The summed E-state index contributed by atoms with van der Waals surface area (Å²) in [5.74, 6) is 0.252. The highest BCUT2D eigenvalue weighted by Crippen LogP contribution is 2.38. The van der Waals surface area contributed by atoms with E-state index in [9.17, 15) is 13.2 Å². The normalized spacial score (nSPS) is 28.9. The maximum Gasteiger partial charge on any atom is 0.264 e. The van der Waals surface area contributed by atoms with Gasteiger partial charge in [-0.1, -0.05) is 64.0 Å². The van der Waals surface area contributed by atoms with Crippen molar-refractivity contribution in [2.24, 2.45) is 11.8 Å². The molecule has 0 N–H and O–H groups in total. The molecular formula is C31H54O8S. The van der Waals surface area contributed by atoms with Crippen molar-refractivity contribution in [3.8, 4) is 0 Å². The first-order valence-corrected chi connectivity index (χ1v) is 17.8. The van der Waals surface area contributed by atoms with Crippen molar-refractivity contribution in [2.75, 3.05) is 26.1 Å². The van der Waals surface area contributed by atoms with Gasteiger partial charge in [0.25, 0.3) is 10.1 Å². The van der Waals surface area contributed by atoms with Gasteiger partial charge in [-0.05, 0) is 57.8 Å². The molecule has 2 saturated heterocycles. The average molecular weight is 587 g/mol. The summed E-state index contributed by atoms with van der Waals surface area (Å²) < 4.78 is 51.6. The molecule has 8 nitrogen and oxygen atoms in total. The van der Waals surface area contributed by atoms with E-state index >= 15 is 0 Å². The molecule has 2 aliphatic heterocycles. The summed E-state index contributed by atoms with van der Waals surface area (Å²) in [5, 5.41) is 0. The number of rotatable bonds is 19. The minimum absolute atomic E-state index is 0.0192. The molecule has 6 atom stereocenters. The Bertz CT molecular complexity index is 832. The molecule has 2 heterocycles. The quantitative estimate of drug-likeness (QED) is 0.0965. The van der Waals surface area contributed by atoms with Crippen LogP contribution < -0.4 is 0 Å². The van der Waals surface area contributed by atoms with Gasteiger partial charge in [-0.2, -0.15) is 8.42 Å². The first-order valence-electron chi connectivity index (χ1n) is 15.9. The average Bonchev–Trinajstić information content (AvgIpc) is 3.22. The van der Waals surface area contributed by atoms with Crippen LogP contribution in [-0.4, -0.2) is 65.1 Å². The molecule has 0 aromatic heterocycles. The van der Waals surface area contributed by atoms with E-state index in [-0.39, 0.29) is 49.0 Å². The zero-order valence-electron chi connectivity index (χ0n) is 24.9. The minimum Gasteiger partial charge on any atom is -0.353 e. The van der Waals surface area contributed by atoms with Crippen LogP contribution in [0.2, 0.25) is 0 Å². The predicted molar refractivity (Wildman–Crippen MR) is 155 cm³/mol. The summed E-state index contributed by atoms with van der Waals surface area (Å²) in [6.07, 6.45) is 21.5. The van der Waals surface area contributed by atoms with Crippen molar-refractivity contribution in [1.82, 2.24) is 0 Å². The van der Waals surface area contributed by atoms with E-state index in [2.05, 4.69) is 19.1 Å². The lowest BCUT2D eigenvalue weighted by Crippen LogP contribution is -2.31. The van der Waals surface area contributed by atoms with E-state index < -0.39 is 10.1 Å². The van der Waals surface area contributed by atoms with Gasteiger partial charge in [0.05, 0.1) is 25.1 Å². The lowest BCUT2D eigenvalue weighted by atomic mass is 9.88. The van der Waals surface area contributed by atoms with Crippen LogP contribution >= 0.6 is 0 Å². The highest BCUT2D eigenvalue weighted by Gasteiger charge is 2.42. The van der Waals surface area contributed by atoms with Crippen molar-refractivity contribution in [3.63, 3.8) is 0 Å². The fourth-order valence-electron chi connectivity index (χ4n) is 6.00. The second-order valence-electron chi connectivity index (χ2n) is 11.8. The fourth-order valence-corrected chi connectivity index (χ4v) is 6.42. The third-order valence-electron chi connectivity index (χ3n) is 8.24. The Labute approximate surface area is 243 Å². The summed E-state index contributed by atoms with van der Waals surface area (Å²) in [4.78, 5) is 13.2. The molecule has 3 aliphatic rings. The molecule has 0 bridgehead atoms. The van der Waals surface area contributed by atoms with Gasteiger partial charge in [-0.3, -0.25) is 8.98 Å². The van der Waals surface area contributed by atoms with Gasteiger partial charge in [0, 0.05) is 31.5 Å². The number of carbonyl (C=O) groups is 1. The number of unbranched alkanes of at least 4 members (excludes halogenated alkanes) is 6. The standard InChI is InChI=1S/C31H54O8S/c1-3-4-8-15-25(38-30-17-10-13-21-35-30)19-20-27-26(16-9-6-5-7-12-23-37-40(2,33)34)28(32)24-29(27)39-31-18-11-14-22-36-31/h19-20,25-27,29-31H,3-18,21-24H2,1-2H3/b20-19+/t25-,26+,27+,29+,30?,31?/m0/s1. The fraction of sp³-hybridized carbons (Fsp3) is 0.903. The molecule has 0 aromatic rings. The second-order valence-corrected chi connectivity index (χ2v) is 13.4. The van der Waals surface area contributed by atoms with Gasteiger partial charge in [0.2, 0.25) is 0 Å². The van der Waals surface area contributed by atoms with E-state index in [1.54, 1.807) is 0 Å². The molecule has 232 valence electrons. The zero-order chi connectivity index (χ0) is 28.6. The van der Waals surface area contributed by atoms with E-state index in [0.717, 1.165) is 116 Å². The number of ketones is 1. The molecule has 0 radical (unpaired) electrons. The van der Waals surface area contributed by atoms with Gasteiger partial charge in [0.15, 0.2) is 12.6 Å². The number of Topliss-reactive ketones (excluding diaryl/α,β-unsaturated/α-hetero) is 1. The molecule has 0 spiro atoms. The van der Waals surface area contributed by atoms with Gasteiger partial charge in [-0.25, -0.2) is 0 Å². The van der Waals surface area contributed by atoms with Crippen molar-refractivity contribution >= 4 is 15.9 Å². The van der Waals surface area contributed by atoms with Crippen LogP contribution in [0.3, 0.4) is 0 Å². The van der Waals surface area contributed by atoms with Crippen LogP contribution in [0.1, 0.15) is 116 Å². The molecule has 1 saturated carbocycles. The lowest BCUT2D eigenvalue weighted by molar-refractivity contribution is -0.192. The zero-order valence-corrected chi connectivity index (χ0v) is 25.8. The Kier molecular flexibility index (Phi) is 15.7. The topological polar surface area (TPSA) is 97.4 Å². The van der Waals surface area contributed by atoms with Crippen LogP contribution in [-0.2, 0) is 38.0 Å². The van der Waals surface area contributed by atoms with Gasteiger partial charge < -0.3 is 18.9 Å². The van der Waals surface area contributed by atoms with Crippen molar-refractivity contribution in [2.45, 2.75) is 141 Å². The Hall–Kier alpha value is -0.840. The van der Waals surface area contributed by atoms with E-state index in [4.69, 9.17) is 23.1 Å². The molecule has 40 heavy (non-hydrogen) atoms. The summed E-state index contributed by atoms with van der Waals surface area (Å²) in [6.45, 7) is 3.93. The van der Waals surface area contributed by atoms with E-state index in [1.165, 1.54) is 6.42 Å². The monoisotopic (exact) mass is 586 g/mol. The highest BCUT2D eigenvalue weighted by atomic mass is 32.2. The number of hydrogen-bond acceptors (Lipinski definition) is 8. The van der Waals surface area contributed by atoms with E-state index in [0.29, 0.717) is 6.42 Å². The second kappa shape index (κ2) is 18.6. The summed E-state index contributed by atoms with van der Waals surface area (Å²) in [5.41, 5.74) is 0. The Balaban J connectivity index is 1.58. The van der Waals surface area contributed by atoms with Crippen LogP contribution in [0.4, 0.5) is 0 Å². The third-order valence-corrected chi connectivity index (χ3v) is 8.83. The van der Waals surface area contributed by atoms with Gasteiger partial charge >= 0.3 is 0 Å². The summed E-state index contributed by atoms with van der Waals surface area (Å²) in [7, 11) is -3.37. The largest absolute Gasteiger partial charge is 0.353 e. The molecular weight excluding hydrogens is 532 g/mol. The summed E-state index contributed by atoms with van der Waals surface area (Å²) in [6, 6.07) is 0. The lowest BCUT2D eigenvalue weighted by Gasteiger charge is -2.29. The van der Waals surface area contributed by atoms with Gasteiger partial charge in [-0.15, -0.1) is 0 Å². The Morgan fingerprint density at radius 2 is 1.62 bits per heavy atom. The van der Waals surface area contributed by atoms with Crippen molar-refractivity contribution in [3.05, 3.63) is 12.2 Å². The van der Waals surface area contributed by atoms with Crippen molar-refractivity contribution < 1.29 is 36.3 Å². The molecule has 9 heteroatoms.